The Morgan fingerprint density at radius 3 is 2.76 bits per heavy atom. The molecule has 1 N–H and O–H groups in total. The Bertz CT molecular complexity index is 651. The van der Waals surface area contributed by atoms with E-state index in [4.69, 9.17) is 4.52 Å². The topological polar surface area (TPSA) is 69.8 Å². The number of nitrogens with one attached hydrogen (secondary N) is 1. The van der Waals surface area contributed by atoms with Crippen molar-refractivity contribution < 1.29 is 4.52 Å². The summed E-state index contributed by atoms with van der Waals surface area (Å²) in [5.41, 5.74) is 0.990. The maximum Gasteiger partial charge on any atom is 0.193 e. The molecule has 7 nitrogen and oxygen atoms in total. The van der Waals surface area contributed by atoms with E-state index in [1.54, 1.807) is 17.6 Å². The van der Waals surface area contributed by atoms with Gasteiger partial charge in [-0.25, -0.2) is 4.98 Å². The van der Waals surface area contributed by atoms with Crippen LogP contribution in [0.3, 0.4) is 0 Å². The van der Waals surface area contributed by atoms with Crippen LogP contribution >= 0.6 is 35.3 Å². The molecule has 1 aliphatic heterocycles. The van der Waals surface area contributed by atoms with Gasteiger partial charge in [0.05, 0.1) is 10.7 Å². The summed E-state index contributed by atoms with van der Waals surface area (Å²) in [6.07, 6.45) is 4.49. The van der Waals surface area contributed by atoms with E-state index in [1.807, 2.05) is 19.3 Å². The maximum absolute atomic E-state index is 4.89. The lowest BCUT2D eigenvalue weighted by atomic mass is 10.3. The second-order valence-electron chi connectivity index (χ2n) is 5.84. The predicted octanol–water partition coefficient (Wildman–Crippen LogP) is 1.99. The van der Waals surface area contributed by atoms with Gasteiger partial charge in [-0.2, -0.15) is 0 Å². The third-order valence-electron chi connectivity index (χ3n) is 4.05. The van der Waals surface area contributed by atoms with E-state index >= 15 is 0 Å². The first-order chi connectivity index (χ1) is 11.7. The molecule has 138 valence electrons. The predicted molar refractivity (Wildman–Crippen MR) is 111 cm³/mol. The number of halogens is 1. The van der Waals surface area contributed by atoms with Crippen molar-refractivity contribution in [1.29, 1.82) is 0 Å². The van der Waals surface area contributed by atoms with E-state index < -0.39 is 0 Å². The summed E-state index contributed by atoms with van der Waals surface area (Å²) in [6, 6.07) is 1.92. The fourth-order valence-corrected chi connectivity index (χ4v) is 3.58. The zero-order valence-electron chi connectivity index (χ0n) is 14.6. The molecule has 0 bridgehead atoms. The molecule has 2 aromatic rings. The van der Waals surface area contributed by atoms with Gasteiger partial charge in [-0.15, -0.1) is 35.3 Å². The van der Waals surface area contributed by atoms with Crippen molar-refractivity contribution in [2.75, 3.05) is 39.8 Å². The first kappa shape index (κ1) is 20.1. The summed E-state index contributed by atoms with van der Waals surface area (Å²) in [5.74, 6) is 0.976. The lowest BCUT2D eigenvalue weighted by Gasteiger charge is -2.36. The van der Waals surface area contributed by atoms with Crippen molar-refractivity contribution >= 4 is 41.3 Å². The number of rotatable bonds is 5. The Kier molecular flexibility index (Phi) is 8.10. The molecule has 25 heavy (non-hydrogen) atoms. The minimum atomic E-state index is 0. The van der Waals surface area contributed by atoms with Gasteiger partial charge in [0.1, 0.15) is 6.26 Å². The Labute approximate surface area is 169 Å². The van der Waals surface area contributed by atoms with Crippen molar-refractivity contribution in [3.05, 3.63) is 34.1 Å². The van der Waals surface area contributed by atoms with Gasteiger partial charge in [-0.05, 0) is 6.92 Å². The van der Waals surface area contributed by atoms with Crippen LogP contribution in [0.4, 0.5) is 0 Å². The second kappa shape index (κ2) is 10.1. The Morgan fingerprint density at radius 1 is 1.36 bits per heavy atom. The highest BCUT2D eigenvalue weighted by molar-refractivity contribution is 14.0. The quantitative estimate of drug-likeness (QED) is 0.405. The monoisotopic (exact) mass is 476 g/mol. The number of hydrogen-bond acceptors (Lipinski definition) is 6. The maximum atomic E-state index is 4.89. The summed E-state index contributed by atoms with van der Waals surface area (Å²) in [6.45, 7) is 7.73. The number of hydrogen-bond donors (Lipinski definition) is 1. The second-order valence-corrected chi connectivity index (χ2v) is 7.16. The third kappa shape index (κ3) is 5.93. The average molecular weight is 476 g/mol. The van der Waals surface area contributed by atoms with Crippen molar-refractivity contribution in [2.24, 2.45) is 4.99 Å². The highest BCUT2D eigenvalue weighted by atomic mass is 127. The van der Waals surface area contributed by atoms with Gasteiger partial charge in [0.2, 0.25) is 0 Å². The van der Waals surface area contributed by atoms with E-state index in [-0.39, 0.29) is 24.0 Å². The van der Waals surface area contributed by atoms with Crippen LogP contribution in [-0.4, -0.2) is 65.7 Å². The highest BCUT2D eigenvalue weighted by Crippen LogP contribution is 2.11. The van der Waals surface area contributed by atoms with Gasteiger partial charge >= 0.3 is 0 Å². The highest BCUT2D eigenvalue weighted by Gasteiger charge is 2.20. The standard InChI is InChI=1S/C16H24N6OS.HI/c1-13-11-19-15(24-13)3-5-18-16(17-2)22-8-6-21(7-9-22)12-14-4-10-23-20-14;/h4,10-11H,3,5-9,12H2,1-2H3,(H,17,18);1H. The Balaban J connectivity index is 0.00000225. The normalized spacial score (nSPS) is 15.9. The summed E-state index contributed by atoms with van der Waals surface area (Å²) < 4.78 is 4.89. The molecule has 1 fully saturated rings. The smallest absolute Gasteiger partial charge is 0.193 e. The molecule has 0 amide bonds. The minimum absolute atomic E-state index is 0. The van der Waals surface area contributed by atoms with Crippen LogP contribution < -0.4 is 5.32 Å². The van der Waals surface area contributed by atoms with Gasteiger partial charge in [-0.1, -0.05) is 5.16 Å². The van der Waals surface area contributed by atoms with Crippen molar-refractivity contribution in [2.45, 2.75) is 19.9 Å². The van der Waals surface area contributed by atoms with Gasteiger partial charge in [0, 0.05) is 69.9 Å². The van der Waals surface area contributed by atoms with Crippen molar-refractivity contribution in [3.63, 3.8) is 0 Å². The molecule has 3 heterocycles. The van der Waals surface area contributed by atoms with Crippen molar-refractivity contribution in [1.82, 2.24) is 25.3 Å². The third-order valence-corrected chi connectivity index (χ3v) is 5.02. The average Bonchev–Trinajstić information content (AvgIpc) is 3.24. The van der Waals surface area contributed by atoms with Crippen LogP contribution in [0.15, 0.2) is 28.0 Å². The molecule has 9 heteroatoms. The zero-order valence-corrected chi connectivity index (χ0v) is 17.8. The molecule has 0 spiro atoms. The van der Waals surface area contributed by atoms with E-state index in [0.717, 1.165) is 57.3 Å². The van der Waals surface area contributed by atoms with Crippen LogP contribution in [0.25, 0.3) is 0 Å². The molecule has 0 saturated carbocycles. The number of aliphatic imine (C=N–C) groups is 1. The van der Waals surface area contributed by atoms with E-state index in [0.29, 0.717) is 0 Å². The fourth-order valence-electron chi connectivity index (χ4n) is 2.80. The summed E-state index contributed by atoms with van der Waals surface area (Å²) in [5, 5.41) is 8.61. The summed E-state index contributed by atoms with van der Waals surface area (Å²) in [4.78, 5) is 14.8. The molecule has 0 unspecified atom stereocenters. The molecular formula is C16H25IN6OS. The molecule has 3 rings (SSSR count). The molecule has 0 radical (unpaired) electrons. The van der Waals surface area contributed by atoms with Gasteiger partial charge in [0.15, 0.2) is 5.96 Å². The van der Waals surface area contributed by atoms with Crippen LogP contribution in [0, 0.1) is 6.92 Å². The molecule has 0 atom stereocenters. The van der Waals surface area contributed by atoms with Crippen molar-refractivity contribution in [3.8, 4) is 0 Å². The number of piperazine rings is 1. The van der Waals surface area contributed by atoms with Gasteiger partial charge in [-0.3, -0.25) is 9.89 Å². The molecular weight excluding hydrogens is 451 g/mol. The Hall–Kier alpha value is -1.20. The van der Waals surface area contributed by atoms with E-state index in [2.05, 4.69) is 37.2 Å². The molecule has 1 aliphatic rings. The number of thiazole rings is 1. The molecule has 1 saturated heterocycles. The van der Waals surface area contributed by atoms with Crippen LogP contribution in [0.1, 0.15) is 15.6 Å². The first-order valence-electron chi connectivity index (χ1n) is 8.23. The molecule has 0 aromatic carbocycles. The minimum Gasteiger partial charge on any atom is -0.364 e. The summed E-state index contributed by atoms with van der Waals surface area (Å²) >= 11 is 1.76. The number of nitrogens with zero attached hydrogens (tertiary/aromatic N) is 5. The lowest BCUT2D eigenvalue weighted by Crippen LogP contribution is -2.52. The van der Waals surface area contributed by atoms with Crippen LogP contribution in [-0.2, 0) is 13.0 Å². The van der Waals surface area contributed by atoms with E-state index in [9.17, 15) is 0 Å². The SMILES string of the molecule is CN=C(NCCc1ncc(C)s1)N1CCN(Cc2ccon2)CC1.I. The molecule has 2 aromatic heterocycles. The largest absolute Gasteiger partial charge is 0.364 e. The fraction of sp³-hybridized carbons (Fsp3) is 0.562. The number of aromatic nitrogens is 2. The first-order valence-corrected chi connectivity index (χ1v) is 9.05. The van der Waals surface area contributed by atoms with Crippen LogP contribution in [0.5, 0.6) is 0 Å². The van der Waals surface area contributed by atoms with Gasteiger partial charge < -0.3 is 14.7 Å². The summed E-state index contributed by atoms with van der Waals surface area (Å²) in [7, 11) is 1.84. The zero-order chi connectivity index (χ0) is 16.8. The van der Waals surface area contributed by atoms with E-state index in [1.165, 1.54) is 9.88 Å². The lowest BCUT2D eigenvalue weighted by molar-refractivity contribution is 0.169. The number of guanidine groups is 1. The molecule has 0 aliphatic carbocycles. The van der Waals surface area contributed by atoms with Crippen LogP contribution in [0.2, 0.25) is 0 Å². The van der Waals surface area contributed by atoms with Gasteiger partial charge in [0.25, 0.3) is 0 Å². The number of aryl methyl sites for hydroxylation is 1. The Morgan fingerprint density at radius 2 is 2.16 bits per heavy atom.